The van der Waals surface area contributed by atoms with Crippen LogP contribution in [0.15, 0.2) is 65.3 Å². The summed E-state index contributed by atoms with van der Waals surface area (Å²) in [6.45, 7) is 0.199. The van der Waals surface area contributed by atoms with Crippen molar-refractivity contribution in [2.45, 2.75) is 13.1 Å². The van der Waals surface area contributed by atoms with E-state index in [-0.39, 0.29) is 24.3 Å². The van der Waals surface area contributed by atoms with E-state index in [2.05, 4.69) is 5.32 Å². The molecule has 8 nitrogen and oxygen atoms in total. The molecule has 0 saturated heterocycles. The van der Waals surface area contributed by atoms with Crippen molar-refractivity contribution >= 4 is 21.6 Å². The molecule has 1 heterocycles. The Balaban J connectivity index is 2.06. The predicted octanol–water partition coefficient (Wildman–Crippen LogP) is 3.19. The number of ether oxygens (including phenoxy) is 2. The quantitative estimate of drug-likeness (QED) is 0.544. The maximum absolute atomic E-state index is 13.0. The van der Waals surface area contributed by atoms with Crippen LogP contribution in [0.2, 0.25) is 0 Å². The van der Waals surface area contributed by atoms with Gasteiger partial charge in [-0.25, -0.2) is 8.42 Å². The molecular weight excluding hydrogens is 420 g/mol. The lowest BCUT2D eigenvalue weighted by atomic mass is 10.1. The third kappa shape index (κ3) is 5.37. The first-order chi connectivity index (χ1) is 14.8. The lowest BCUT2D eigenvalue weighted by Crippen LogP contribution is -2.32. The minimum absolute atomic E-state index is 0.0492. The van der Waals surface area contributed by atoms with Crippen molar-refractivity contribution in [2.24, 2.45) is 0 Å². The molecular formula is C22H24N2O6S. The van der Waals surface area contributed by atoms with Crippen LogP contribution in [0.25, 0.3) is 0 Å². The highest BCUT2D eigenvalue weighted by Gasteiger charge is 2.26. The fraction of sp³-hybridized carbons (Fsp3) is 0.227. The van der Waals surface area contributed by atoms with E-state index < -0.39 is 15.9 Å². The number of anilines is 1. The third-order valence-corrected chi connectivity index (χ3v) is 5.71. The topological polar surface area (TPSA) is 98.1 Å². The van der Waals surface area contributed by atoms with Crippen molar-refractivity contribution in [1.82, 2.24) is 5.32 Å². The number of hydrogen-bond acceptors (Lipinski definition) is 6. The Morgan fingerprint density at radius 3 is 2.29 bits per heavy atom. The standard InChI is InChI=1S/C22H24N2O6S/c1-28-20-12-18(22(25)23-14-17-10-7-11-30-17)19(13-21(20)29-2)24(31(3,26)27)15-16-8-5-4-6-9-16/h4-13H,14-15H2,1-3H3,(H,23,25). The Morgan fingerprint density at radius 2 is 1.71 bits per heavy atom. The Morgan fingerprint density at radius 1 is 1.03 bits per heavy atom. The van der Waals surface area contributed by atoms with Gasteiger partial charge in [0.25, 0.3) is 5.91 Å². The van der Waals surface area contributed by atoms with Crippen molar-refractivity contribution < 1.29 is 27.1 Å². The number of carbonyl (C=O) groups is 1. The molecule has 0 bridgehead atoms. The Labute approximate surface area is 181 Å². The number of nitrogens with zero attached hydrogens (tertiary/aromatic N) is 1. The van der Waals surface area contributed by atoms with Crippen LogP contribution in [0.3, 0.4) is 0 Å². The number of methoxy groups -OCH3 is 2. The fourth-order valence-electron chi connectivity index (χ4n) is 3.06. The molecule has 0 radical (unpaired) electrons. The van der Waals surface area contributed by atoms with Crippen molar-refractivity contribution in [3.8, 4) is 11.5 Å². The van der Waals surface area contributed by atoms with Gasteiger partial charge in [0.05, 0.1) is 51.1 Å². The SMILES string of the molecule is COc1cc(C(=O)NCc2ccco2)c(N(Cc2ccccc2)S(C)(=O)=O)cc1OC. The first-order valence-corrected chi connectivity index (χ1v) is 11.3. The average Bonchev–Trinajstić information content (AvgIpc) is 3.28. The zero-order chi connectivity index (χ0) is 22.4. The van der Waals surface area contributed by atoms with Crippen LogP contribution < -0.4 is 19.1 Å². The molecule has 0 aliphatic heterocycles. The molecule has 3 aromatic rings. The van der Waals surface area contributed by atoms with E-state index in [4.69, 9.17) is 13.9 Å². The zero-order valence-electron chi connectivity index (χ0n) is 17.5. The van der Waals surface area contributed by atoms with Gasteiger partial charge >= 0.3 is 0 Å². The van der Waals surface area contributed by atoms with E-state index >= 15 is 0 Å². The van der Waals surface area contributed by atoms with Crippen LogP contribution in [-0.4, -0.2) is 34.8 Å². The number of benzene rings is 2. The van der Waals surface area contributed by atoms with E-state index in [1.807, 2.05) is 30.3 Å². The van der Waals surface area contributed by atoms with Crippen LogP contribution in [0.4, 0.5) is 5.69 Å². The maximum atomic E-state index is 13.0. The highest BCUT2D eigenvalue weighted by atomic mass is 32.2. The van der Waals surface area contributed by atoms with Gasteiger partial charge in [0.1, 0.15) is 5.76 Å². The van der Waals surface area contributed by atoms with Gasteiger partial charge in [0.2, 0.25) is 10.0 Å². The van der Waals surface area contributed by atoms with Crippen molar-refractivity contribution in [1.29, 1.82) is 0 Å². The van der Waals surface area contributed by atoms with Gasteiger partial charge in [-0.2, -0.15) is 0 Å². The Bertz CT molecular complexity index is 1130. The highest BCUT2D eigenvalue weighted by molar-refractivity contribution is 7.92. The maximum Gasteiger partial charge on any atom is 0.253 e. The van der Waals surface area contributed by atoms with Crippen LogP contribution >= 0.6 is 0 Å². The molecule has 1 N–H and O–H groups in total. The van der Waals surface area contributed by atoms with E-state index in [1.54, 1.807) is 12.1 Å². The van der Waals surface area contributed by atoms with Crippen LogP contribution in [0.5, 0.6) is 11.5 Å². The lowest BCUT2D eigenvalue weighted by Gasteiger charge is -2.26. The van der Waals surface area contributed by atoms with Gasteiger partial charge in [-0.3, -0.25) is 9.10 Å². The molecule has 1 amide bonds. The number of amides is 1. The van der Waals surface area contributed by atoms with Gasteiger partial charge in [0.15, 0.2) is 11.5 Å². The lowest BCUT2D eigenvalue weighted by molar-refractivity contribution is 0.0948. The molecule has 0 aliphatic carbocycles. The van der Waals surface area contributed by atoms with Crippen molar-refractivity contribution in [3.05, 3.63) is 77.7 Å². The van der Waals surface area contributed by atoms with Crippen LogP contribution in [-0.2, 0) is 23.1 Å². The first kappa shape index (κ1) is 22.2. The van der Waals surface area contributed by atoms with Crippen molar-refractivity contribution in [3.63, 3.8) is 0 Å². The number of nitrogens with one attached hydrogen (secondary N) is 1. The summed E-state index contributed by atoms with van der Waals surface area (Å²) in [6.07, 6.45) is 2.60. The fourth-order valence-corrected chi connectivity index (χ4v) is 3.95. The zero-order valence-corrected chi connectivity index (χ0v) is 18.3. The predicted molar refractivity (Wildman–Crippen MR) is 117 cm³/mol. The van der Waals surface area contributed by atoms with E-state index in [0.717, 1.165) is 11.8 Å². The minimum atomic E-state index is -3.74. The Hall–Kier alpha value is -3.46. The molecule has 0 unspecified atom stereocenters. The molecule has 9 heteroatoms. The minimum Gasteiger partial charge on any atom is -0.493 e. The molecule has 0 aliphatic rings. The molecule has 0 spiro atoms. The summed E-state index contributed by atoms with van der Waals surface area (Å²) in [6, 6.07) is 15.5. The smallest absolute Gasteiger partial charge is 0.253 e. The Kier molecular flexibility index (Phi) is 6.86. The molecule has 2 aromatic carbocycles. The summed E-state index contributed by atoms with van der Waals surface area (Å²) < 4.78 is 42.5. The summed E-state index contributed by atoms with van der Waals surface area (Å²) in [5.41, 5.74) is 1.08. The molecule has 0 saturated carbocycles. The number of furan rings is 1. The largest absolute Gasteiger partial charge is 0.493 e. The van der Waals surface area contributed by atoms with Crippen LogP contribution in [0.1, 0.15) is 21.7 Å². The molecule has 3 rings (SSSR count). The molecule has 31 heavy (non-hydrogen) atoms. The van der Waals surface area contributed by atoms with Gasteiger partial charge in [-0.1, -0.05) is 30.3 Å². The van der Waals surface area contributed by atoms with Gasteiger partial charge in [-0.15, -0.1) is 0 Å². The van der Waals surface area contributed by atoms with Gasteiger partial charge < -0.3 is 19.2 Å². The second-order valence-electron chi connectivity index (χ2n) is 6.74. The van der Waals surface area contributed by atoms with Gasteiger partial charge in [-0.05, 0) is 23.8 Å². The molecule has 1 aromatic heterocycles. The summed E-state index contributed by atoms with van der Waals surface area (Å²) in [5.74, 6) is 0.707. The number of rotatable bonds is 9. The summed E-state index contributed by atoms with van der Waals surface area (Å²) in [5, 5.41) is 2.75. The van der Waals surface area contributed by atoms with E-state index in [9.17, 15) is 13.2 Å². The molecule has 0 atom stereocenters. The monoisotopic (exact) mass is 444 g/mol. The number of hydrogen-bond donors (Lipinski definition) is 1. The third-order valence-electron chi connectivity index (χ3n) is 4.59. The number of carbonyl (C=O) groups excluding carboxylic acids is 1. The first-order valence-electron chi connectivity index (χ1n) is 9.41. The summed E-state index contributed by atoms with van der Waals surface area (Å²) >= 11 is 0. The van der Waals surface area contributed by atoms with Crippen LogP contribution in [0, 0.1) is 0 Å². The second kappa shape index (κ2) is 9.57. The summed E-state index contributed by atoms with van der Waals surface area (Å²) in [4.78, 5) is 13.0. The molecule has 164 valence electrons. The second-order valence-corrected chi connectivity index (χ2v) is 8.65. The highest BCUT2D eigenvalue weighted by Crippen LogP contribution is 2.37. The van der Waals surface area contributed by atoms with Gasteiger partial charge in [0, 0.05) is 6.07 Å². The molecule has 0 fully saturated rings. The summed E-state index contributed by atoms with van der Waals surface area (Å²) in [7, 11) is -0.847. The number of sulfonamides is 1. The normalized spacial score (nSPS) is 11.1. The van der Waals surface area contributed by atoms with Crippen molar-refractivity contribution in [2.75, 3.05) is 24.8 Å². The average molecular weight is 445 g/mol. The van der Waals surface area contributed by atoms with E-state index in [0.29, 0.717) is 17.3 Å². The van der Waals surface area contributed by atoms with E-state index in [1.165, 1.54) is 36.9 Å².